The second-order valence-corrected chi connectivity index (χ2v) is 8.61. The zero-order valence-corrected chi connectivity index (χ0v) is 19.2. The van der Waals surface area contributed by atoms with Gasteiger partial charge in [-0.25, -0.2) is 9.79 Å². The van der Waals surface area contributed by atoms with Crippen molar-refractivity contribution in [1.29, 1.82) is 0 Å². The van der Waals surface area contributed by atoms with Crippen molar-refractivity contribution in [2.45, 2.75) is 19.9 Å². The van der Waals surface area contributed by atoms with E-state index in [-0.39, 0.29) is 12.2 Å². The summed E-state index contributed by atoms with van der Waals surface area (Å²) in [6, 6.07) is 16.4. The van der Waals surface area contributed by atoms with Crippen LogP contribution >= 0.6 is 22.9 Å². The Balaban J connectivity index is 1.87. The van der Waals surface area contributed by atoms with Gasteiger partial charge in [0.2, 0.25) is 0 Å². The fraction of sp³-hybridized carbons (Fsp3) is 0.160. The van der Waals surface area contributed by atoms with Gasteiger partial charge < -0.3 is 4.74 Å². The minimum Gasteiger partial charge on any atom is -0.463 e. The van der Waals surface area contributed by atoms with Gasteiger partial charge in [-0.1, -0.05) is 77.6 Å². The molecule has 0 unspecified atom stereocenters. The van der Waals surface area contributed by atoms with Gasteiger partial charge in [-0.15, -0.1) is 0 Å². The Morgan fingerprint density at radius 2 is 1.88 bits per heavy atom. The molecule has 7 heteroatoms. The van der Waals surface area contributed by atoms with Crippen LogP contribution in [-0.4, -0.2) is 17.1 Å². The SMILES string of the molecule is CCOC(=O)C1=C(C)N=c2sc(=Cc3ccc(Cl)cc3)c(=O)n2[C@@H]1/C=C/c1ccccc1. The van der Waals surface area contributed by atoms with Crippen molar-refractivity contribution in [1.82, 2.24) is 4.57 Å². The fourth-order valence-corrected chi connectivity index (χ4v) is 4.67. The van der Waals surface area contributed by atoms with Crippen LogP contribution in [0.1, 0.15) is 31.0 Å². The highest BCUT2D eigenvalue weighted by Crippen LogP contribution is 2.26. The number of hydrogen-bond acceptors (Lipinski definition) is 5. The van der Waals surface area contributed by atoms with Gasteiger partial charge in [0.05, 0.1) is 28.5 Å². The maximum atomic E-state index is 13.4. The number of carbonyl (C=O) groups is 1. The molecule has 0 saturated carbocycles. The number of thiazole rings is 1. The highest BCUT2D eigenvalue weighted by Gasteiger charge is 2.30. The van der Waals surface area contributed by atoms with Gasteiger partial charge in [-0.05, 0) is 43.2 Å². The molecule has 0 amide bonds. The summed E-state index contributed by atoms with van der Waals surface area (Å²) in [6.45, 7) is 3.77. The van der Waals surface area contributed by atoms with E-state index in [1.807, 2.05) is 60.7 Å². The molecule has 1 aliphatic rings. The van der Waals surface area contributed by atoms with Crippen molar-refractivity contribution in [3.05, 3.63) is 108 Å². The lowest BCUT2D eigenvalue weighted by Gasteiger charge is -2.21. The smallest absolute Gasteiger partial charge is 0.338 e. The highest BCUT2D eigenvalue weighted by atomic mass is 35.5. The monoisotopic (exact) mass is 464 g/mol. The van der Waals surface area contributed by atoms with Crippen molar-refractivity contribution in [2.24, 2.45) is 4.99 Å². The second kappa shape index (κ2) is 9.51. The van der Waals surface area contributed by atoms with Crippen LogP contribution in [0.15, 0.2) is 81.7 Å². The first-order chi connectivity index (χ1) is 15.5. The van der Waals surface area contributed by atoms with Crippen molar-refractivity contribution < 1.29 is 9.53 Å². The van der Waals surface area contributed by atoms with Gasteiger partial charge in [-0.3, -0.25) is 9.36 Å². The maximum absolute atomic E-state index is 13.4. The number of carbonyl (C=O) groups excluding carboxylic acids is 1. The van der Waals surface area contributed by atoms with Gasteiger partial charge >= 0.3 is 5.97 Å². The predicted molar refractivity (Wildman–Crippen MR) is 128 cm³/mol. The molecule has 1 aliphatic heterocycles. The van der Waals surface area contributed by atoms with E-state index >= 15 is 0 Å². The van der Waals surface area contributed by atoms with E-state index in [1.165, 1.54) is 11.3 Å². The van der Waals surface area contributed by atoms with Crippen LogP contribution in [0, 0.1) is 0 Å². The summed E-state index contributed by atoms with van der Waals surface area (Å²) in [4.78, 5) is 31.3. The summed E-state index contributed by atoms with van der Waals surface area (Å²) in [7, 11) is 0. The van der Waals surface area contributed by atoms with Gasteiger partial charge in [0.25, 0.3) is 5.56 Å². The molecule has 3 aromatic rings. The molecule has 1 atom stereocenters. The maximum Gasteiger partial charge on any atom is 0.338 e. The number of nitrogens with zero attached hydrogens (tertiary/aromatic N) is 2. The third kappa shape index (κ3) is 4.52. The van der Waals surface area contributed by atoms with Gasteiger partial charge in [-0.2, -0.15) is 0 Å². The molecule has 162 valence electrons. The Hall–Kier alpha value is -3.22. The standard InChI is InChI=1S/C25H21ClN2O3S/c1-3-31-24(30)22-16(2)27-25-28(20(22)14-11-17-7-5-4-6-8-17)23(29)21(32-25)15-18-9-12-19(26)13-10-18/h4-15,20H,3H2,1-2H3/b14-11+,21-15?/t20-/m1/s1. The molecule has 0 radical (unpaired) electrons. The topological polar surface area (TPSA) is 60.7 Å². The minimum absolute atomic E-state index is 0.208. The van der Waals surface area contributed by atoms with Crippen molar-refractivity contribution >= 4 is 41.1 Å². The Bertz CT molecular complexity index is 1380. The lowest BCUT2D eigenvalue weighted by Crippen LogP contribution is -2.38. The summed E-state index contributed by atoms with van der Waals surface area (Å²) < 4.78 is 7.37. The first kappa shape index (κ1) is 22.0. The van der Waals surface area contributed by atoms with E-state index in [9.17, 15) is 9.59 Å². The molecule has 0 spiro atoms. The molecule has 0 aliphatic carbocycles. The van der Waals surface area contributed by atoms with E-state index in [1.54, 1.807) is 30.5 Å². The Morgan fingerprint density at radius 1 is 1.16 bits per heavy atom. The van der Waals surface area contributed by atoms with E-state index in [0.717, 1.165) is 11.1 Å². The van der Waals surface area contributed by atoms with Gasteiger partial charge in [0.15, 0.2) is 4.80 Å². The van der Waals surface area contributed by atoms with Gasteiger partial charge in [0, 0.05) is 5.02 Å². The normalized spacial score (nSPS) is 16.2. The van der Waals surface area contributed by atoms with E-state index in [0.29, 0.717) is 25.6 Å². The van der Waals surface area contributed by atoms with Crippen LogP contribution in [0.2, 0.25) is 5.02 Å². The number of fused-ring (bicyclic) bond motifs is 1. The molecular formula is C25H21ClN2O3S. The number of aromatic nitrogens is 1. The molecule has 0 saturated heterocycles. The lowest BCUT2D eigenvalue weighted by molar-refractivity contribution is -0.139. The largest absolute Gasteiger partial charge is 0.463 e. The molecule has 4 rings (SSSR count). The third-order valence-corrected chi connectivity index (χ3v) is 6.23. The molecule has 1 aromatic heterocycles. The summed E-state index contributed by atoms with van der Waals surface area (Å²) in [5.41, 5.74) is 2.53. The van der Waals surface area contributed by atoms with Crippen LogP contribution < -0.4 is 14.9 Å². The molecule has 0 bridgehead atoms. The highest BCUT2D eigenvalue weighted by molar-refractivity contribution is 7.07. The number of benzene rings is 2. The molecule has 0 N–H and O–H groups in total. The van der Waals surface area contributed by atoms with Crippen LogP contribution in [0.4, 0.5) is 0 Å². The fourth-order valence-electron chi connectivity index (χ4n) is 3.49. The minimum atomic E-state index is -0.613. The van der Waals surface area contributed by atoms with E-state index < -0.39 is 12.0 Å². The molecule has 2 aromatic carbocycles. The average molecular weight is 465 g/mol. The number of rotatable bonds is 5. The second-order valence-electron chi connectivity index (χ2n) is 7.17. The molecule has 32 heavy (non-hydrogen) atoms. The average Bonchev–Trinajstić information content (AvgIpc) is 3.09. The zero-order chi connectivity index (χ0) is 22.7. The van der Waals surface area contributed by atoms with Crippen molar-refractivity contribution in [3.63, 3.8) is 0 Å². The summed E-state index contributed by atoms with van der Waals surface area (Å²) in [5, 5.41) is 0.629. The number of ether oxygens (including phenoxy) is 1. The number of halogens is 1. The first-order valence-corrected chi connectivity index (χ1v) is 11.4. The lowest BCUT2D eigenvalue weighted by atomic mass is 10.0. The molecule has 5 nitrogen and oxygen atoms in total. The van der Waals surface area contributed by atoms with E-state index in [4.69, 9.17) is 16.3 Å². The number of hydrogen-bond donors (Lipinski definition) is 0. The van der Waals surface area contributed by atoms with Gasteiger partial charge in [0.1, 0.15) is 0 Å². The Kier molecular flexibility index (Phi) is 6.53. The summed E-state index contributed by atoms with van der Waals surface area (Å²) in [6.07, 6.45) is 5.56. The Morgan fingerprint density at radius 3 is 2.56 bits per heavy atom. The van der Waals surface area contributed by atoms with Crippen molar-refractivity contribution in [2.75, 3.05) is 6.61 Å². The predicted octanol–water partition coefficient (Wildman–Crippen LogP) is 4.12. The van der Waals surface area contributed by atoms with Crippen LogP contribution in [0.5, 0.6) is 0 Å². The third-order valence-electron chi connectivity index (χ3n) is 5.00. The van der Waals surface area contributed by atoms with Crippen molar-refractivity contribution in [3.8, 4) is 0 Å². The molecule has 2 heterocycles. The quantitative estimate of drug-likeness (QED) is 0.534. The first-order valence-electron chi connectivity index (χ1n) is 10.2. The Labute approximate surface area is 194 Å². The summed E-state index contributed by atoms with van der Waals surface area (Å²) in [5.74, 6) is -0.469. The number of esters is 1. The van der Waals surface area contributed by atoms with Crippen LogP contribution in [0.3, 0.4) is 0 Å². The molecule has 0 fully saturated rings. The zero-order valence-electron chi connectivity index (χ0n) is 17.6. The number of allylic oxidation sites excluding steroid dienone is 2. The summed E-state index contributed by atoms with van der Waals surface area (Å²) >= 11 is 7.26. The molecular weight excluding hydrogens is 444 g/mol. The van der Waals surface area contributed by atoms with E-state index in [2.05, 4.69) is 4.99 Å². The van der Waals surface area contributed by atoms with Crippen LogP contribution in [-0.2, 0) is 9.53 Å². The van der Waals surface area contributed by atoms with Crippen LogP contribution in [0.25, 0.3) is 12.2 Å².